The third kappa shape index (κ3) is 4.56. The highest BCUT2D eigenvalue weighted by Crippen LogP contribution is 2.34. The normalized spacial score (nSPS) is 11.6. The number of allylic oxidation sites excluding steroid dienone is 1. The van der Waals surface area contributed by atoms with Crippen molar-refractivity contribution in [2.24, 2.45) is 0 Å². The molecule has 0 amide bonds. The first-order valence-corrected chi connectivity index (χ1v) is 9.73. The van der Waals surface area contributed by atoms with Gasteiger partial charge in [-0.3, -0.25) is 0 Å². The number of ether oxygens (including phenoxy) is 2. The molecule has 0 aliphatic rings. The van der Waals surface area contributed by atoms with Crippen LogP contribution >= 0.6 is 11.3 Å². The van der Waals surface area contributed by atoms with Crippen LogP contribution in [-0.2, 0) is 0 Å². The lowest BCUT2D eigenvalue weighted by Crippen LogP contribution is -2.50. The van der Waals surface area contributed by atoms with Gasteiger partial charge in [-0.1, -0.05) is 23.4 Å². The van der Waals surface area contributed by atoms with Gasteiger partial charge in [-0.05, 0) is 42.9 Å². The molecule has 0 atom stereocenters. The van der Waals surface area contributed by atoms with Gasteiger partial charge in [0.2, 0.25) is 5.82 Å². The molecule has 7 heteroatoms. The van der Waals surface area contributed by atoms with E-state index >= 15 is 0 Å². The van der Waals surface area contributed by atoms with E-state index in [0.29, 0.717) is 23.2 Å². The monoisotopic (exact) mass is 386 g/mol. The maximum absolute atomic E-state index is 5.57. The first kappa shape index (κ1) is 19.1. The van der Waals surface area contributed by atoms with E-state index in [-0.39, 0.29) is 0 Å². The molecule has 0 spiro atoms. The van der Waals surface area contributed by atoms with Gasteiger partial charge in [-0.2, -0.15) is 4.98 Å². The minimum atomic E-state index is 0.535. The van der Waals surface area contributed by atoms with E-state index in [0.717, 1.165) is 41.8 Å². The van der Waals surface area contributed by atoms with Gasteiger partial charge in [0, 0.05) is 11.1 Å². The SMILES string of the molecule is COc1cccc(/C=C(\CCCC[NH3+])c2nc(-c3cccs3)no2)c1OC. The standard InChI is InChI=1S/C20H23N3O3S/c1-24-16-9-5-8-14(18(16)25-2)13-15(7-3-4-11-21)20-22-19(23-26-20)17-10-6-12-27-17/h5-6,8-10,12-13H,3-4,7,11,21H2,1-2H3/p+1/b15-13+. The summed E-state index contributed by atoms with van der Waals surface area (Å²) in [6, 6.07) is 9.75. The smallest absolute Gasteiger partial charge is 0.254 e. The van der Waals surface area contributed by atoms with Crippen molar-refractivity contribution < 1.29 is 19.7 Å². The molecule has 3 rings (SSSR count). The van der Waals surface area contributed by atoms with Gasteiger partial charge in [0.05, 0.1) is 25.6 Å². The number of benzene rings is 1. The molecule has 142 valence electrons. The third-order valence-corrected chi connectivity index (χ3v) is 5.02. The molecule has 6 nitrogen and oxygen atoms in total. The van der Waals surface area contributed by atoms with Crippen LogP contribution in [0.4, 0.5) is 0 Å². The number of unbranched alkanes of at least 4 members (excludes halogenated alkanes) is 1. The zero-order valence-corrected chi connectivity index (χ0v) is 16.4. The lowest BCUT2D eigenvalue weighted by molar-refractivity contribution is -0.368. The second-order valence-electron chi connectivity index (χ2n) is 5.96. The Bertz CT molecular complexity index is 888. The molecule has 1 aromatic carbocycles. The van der Waals surface area contributed by atoms with Crippen LogP contribution in [0.3, 0.4) is 0 Å². The number of hydrogen-bond acceptors (Lipinski definition) is 6. The van der Waals surface area contributed by atoms with Gasteiger partial charge >= 0.3 is 0 Å². The van der Waals surface area contributed by atoms with E-state index in [9.17, 15) is 0 Å². The number of rotatable bonds is 9. The molecule has 0 saturated carbocycles. The fourth-order valence-electron chi connectivity index (χ4n) is 2.81. The second kappa shape index (κ2) is 9.34. The van der Waals surface area contributed by atoms with Crippen LogP contribution in [0.1, 0.15) is 30.7 Å². The van der Waals surface area contributed by atoms with Crippen molar-refractivity contribution in [3.8, 4) is 22.2 Å². The fourth-order valence-corrected chi connectivity index (χ4v) is 3.46. The van der Waals surface area contributed by atoms with Crippen molar-refractivity contribution in [2.45, 2.75) is 19.3 Å². The summed E-state index contributed by atoms with van der Waals surface area (Å²) in [6.07, 6.45) is 4.90. The highest BCUT2D eigenvalue weighted by Gasteiger charge is 2.16. The summed E-state index contributed by atoms with van der Waals surface area (Å²) < 4.78 is 16.5. The Morgan fingerprint density at radius 2 is 2.07 bits per heavy atom. The van der Waals surface area contributed by atoms with Gasteiger partial charge < -0.3 is 19.7 Å². The van der Waals surface area contributed by atoms with E-state index in [1.54, 1.807) is 25.6 Å². The van der Waals surface area contributed by atoms with Crippen molar-refractivity contribution in [1.82, 2.24) is 10.1 Å². The minimum absolute atomic E-state index is 0.535. The number of hydrogen-bond donors (Lipinski definition) is 1. The van der Waals surface area contributed by atoms with Crippen LogP contribution in [0.25, 0.3) is 22.4 Å². The summed E-state index contributed by atoms with van der Waals surface area (Å²) >= 11 is 1.59. The Labute approximate surface area is 162 Å². The largest absolute Gasteiger partial charge is 0.493 e. The molecule has 27 heavy (non-hydrogen) atoms. The molecule has 3 N–H and O–H groups in total. The number of quaternary nitrogens is 1. The van der Waals surface area contributed by atoms with E-state index in [2.05, 4.69) is 15.9 Å². The minimum Gasteiger partial charge on any atom is -0.493 e. The lowest BCUT2D eigenvalue weighted by atomic mass is 10.0. The Balaban J connectivity index is 1.98. The molecule has 2 heterocycles. The molecule has 0 aliphatic heterocycles. The number of para-hydroxylation sites is 1. The third-order valence-electron chi connectivity index (χ3n) is 4.15. The van der Waals surface area contributed by atoms with Crippen LogP contribution in [0, 0.1) is 0 Å². The molecular weight excluding hydrogens is 362 g/mol. The summed E-state index contributed by atoms with van der Waals surface area (Å²) in [4.78, 5) is 5.59. The Kier molecular flexibility index (Phi) is 6.62. The number of thiophene rings is 1. The van der Waals surface area contributed by atoms with Crippen LogP contribution in [-0.4, -0.2) is 30.9 Å². The van der Waals surface area contributed by atoms with E-state index < -0.39 is 0 Å². The van der Waals surface area contributed by atoms with Crippen molar-refractivity contribution >= 4 is 23.0 Å². The zero-order valence-electron chi connectivity index (χ0n) is 15.6. The van der Waals surface area contributed by atoms with Crippen molar-refractivity contribution in [1.29, 1.82) is 0 Å². The molecule has 0 unspecified atom stereocenters. The van der Waals surface area contributed by atoms with Crippen molar-refractivity contribution in [2.75, 3.05) is 20.8 Å². The Morgan fingerprint density at radius 1 is 1.19 bits per heavy atom. The van der Waals surface area contributed by atoms with E-state index in [4.69, 9.17) is 14.0 Å². The first-order valence-electron chi connectivity index (χ1n) is 8.85. The van der Waals surface area contributed by atoms with Crippen molar-refractivity contribution in [3.63, 3.8) is 0 Å². The van der Waals surface area contributed by atoms with Crippen molar-refractivity contribution in [3.05, 3.63) is 47.2 Å². The van der Waals surface area contributed by atoms with Crippen LogP contribution in [0.15, 0.2) is 40.2 Å². The van der Waals surface area contributed by atoms with Gasteiger partial charge in [0.1, 0.15) is 0 Å². The fraction of sp³-hybridized carbons (Fsp3) is 0.300. The summed E-state index contributed by atoms with van der Waals surface area (Å²) in [5.74, 6) is 2.52. The molecule has 0 bridgehead atoms. The first-order chi connectivity index (χ1) is 13.3. The highest BCUT2D eigenvalue weighted by atomic mass is 32.1. The lowest BCUT2D eigenvalue weighted by Gasteiger charge is -2.11. The predicted octanol–water partition coefficient (Wildman–Crippen LogP) is 3.77. The average Bonchev–Trinajstić information content (AvgIpc) is 3.38. The molecule has 0 aliphatic carbocycles. The molecule has 3 aromatic rings. The predicted molar refractivity (Wildman–Crippen MR) is 107 cm³/mol. The van der Waals surface area contributed by atoms with E-state index in [1.165, 1.54) is 0 Å². The topological polar surface area (TPSA) is 85.0 Å². The second-order valence-corrected chi connectivity index (χ2v) is 6.91. The van der Waals surface area contributed by atoms with Gasteiger partial charge in [-0.15, -0.1) is 11.3 Å². The molecule has 0 saturated heterocycles. The quantitative estimate of drug-likeness (QED) is 0.566. The maximum atomic E-state index is 5.57. The summed E-state index contributed by atoms with van der Waals surface area (Å²) in [5.41, 5.74) is 5.81. The molecule has 0 radical (unpaired) electrons. The maximum Gasteiger partial charge on any atom is 0.254 e. The average molecular weight is 386 g/mol. The Morgan fingerprint density at radius 3 is 2.78 bits per heavy atom. The Hall–Kier alpha value is -2.64. The van der Waals surface area contributed by atoms with Crippen LogP contribution in [0.2, 0.25) is 0 Å². The van der Waals surface area contributed by atoms with Crippen LogP contribution < -0.4 is 15.2 Å². The molecular formula is C20H24N3O3S+. The number of methoxy groups -OCH3 is 2. The molecule has 0 fully saturated rings. The van der Waals surface area contributed by atoms with E-state index in [1.807, 2.05) is 41.8 Å². The highest BCUT2D eigenvalue weighted by molar-refractivity contribution is 7.13. The van der Waals surface area contributed by atoms with Gasteiger partial charge in [0.25, 0.3) is 5.89 Å². The summed E-state index contributed by atoms with van der Waals surface area (Å²) in [5, 5.41) is 6.14. The van der Waals surface area contributed by atoms with Crippen LogP contribution in [0.5, 0.6) is 11.5 Å². The zero-order chi connectivity index (χ0) is 19.1. The number of nitrogens with zero attached hydrogens (tertiary/aromatic N) is 2. The van der Waals surface area contributed by atoms with Gasteiger partial charge in [-0.25, -0.2) is 0 Å². The summed E-state index contributed by atoms with van der Waals surface area (Å²) in [6.45, 7) is 0.903. The summed E-state index contributed by atoms with van der Waals surface area (Å²) in [7, 11) is 3.27. The molecule has 2 aromatic heterocycles. The number of aromatic nitrogens is 2. The van der Waals surface area contributed by atoms with Gasteiger partial charge in [0.15, 0.2) is 11.5 Å².